The van der Waals surface area contributed by atoms with Gasteiger partial charge < -0.3 is 15.4 Å². The molecule has 0 aliphatic heterocycles. The summed E-state index contributed by atoms with van der Waals surface area (Å²) in [5.74, 6) is 0.443. The molecule has 2 aromatic rings. The van der Waals surface area contributed by atoms with E-state index in [0.717, 1.165) is 18.3 Å². The fourth-order valence-corrected chi connectivity index (χ4v) is 2.73. The van der Waals surface area contributed by atoms with Gasteiger partial charge in [0.15, 0.2) is 0 Å². The monoisotopic (exact) mass is 365 g/mol. The van der Waals surface area contributed by atoms with Crippen molar-refractivity contribution in [1.29, 1.82) is 0 Å². The predicted molar refractivity (Wildman–Crippen MR) is 89.9 cm³/mol. The van der Waals surface area contributed by atoms with Crippen LogP contribution >= 0.6 is 0 Å². The summed E-state index contributed by atoms with van der Waals surface area (Å²) in [6.07, 6.45) is -2.32. The van der Waals surface area contributed by atoms with Crippen LogP contribution in [0.1, 0.15) is 18.4 Å². The third-order valence-electron chi connectivity index (χ3n) is 4.36. The lowest BCUT2D eigenvalue weighted by molar-refractivity contribution is -0.137. The van der Waals surface area contributed by atoms with E-state index in [-0.39, 0.29) is 23.7 Å². The molecule has 0 bridgehead atoms. The molecule has 2 N–H and O–H groups in total. The number of halogens is 3. The Hall–Kier alpha value is -2.61. The SMILES string of the molecule is CN(C(=O)C1CC(N)C1)c1ccc(Oc2ccc(C(F)(F)F)cn2)cc1. The molecule has 0 unspecified atom stereocenters. The number of pyridine rings is 1. The third-order valence-corrected chi connectivity index (χ3v) is 4.36. The number of carbonyl (C=O) groups is 1. The molecular weight excluding hydrogens is 347 g/mol. The molecule has 1 aliphatic carbocycles. The summed E-state index contributed by atoms with van der Waals surface area (Å²) in [6.45, 7) is 0. The topological polar surface area (TPSA) is 68.5 Å². The summed E-state index contributed by atoms with van der Waals surface area (Å²) in [5.41, 5.74) is 5.58. The molecule has 0 spiro atoms. The molecule has 1 fully saturated rings. The average Bonchev–Trinajstić information content (AvgIpc) is 2.58. The lowest BCUT2D eigenvalue weighted by Gasteiger charge is -2.34. The molecule has 1 saturated carbocycles. The van der Waals surface area contributed by atoms with Crippen LogP contribution in [0.3, 0.4) is 0 Å². The highest BCUT2D eigenvalue weighted by Gasteiger charge is 2.34. The Labute approximate surface area is 148 Å². The van der Waals surface area contributed by atoms with E-state index in [2.05, 4.69) is 4.98 Å². The fraction of sp³-hybridized carbons (Fsp3) is 0.333. The first kappa shape index (κ1) is 18.2. The maximum atomic E-state index is 12.5. The summed E-state index contributed by atoms with van der Waals surface area (Å²) in [5, 5.41) is 0. The first-order chi connectivity index (χ1) is 12.2. The molecule has 1 aromatic carbocycles. The van der Waals surface area contributed by atoms with E-state index in [1.165, 1.54) is 0 Å². The summed E-state index contributed by atoms with van der Waals surface area (Å²) in [4.78, 5) is 17.5. The van der Waals surface area contributed by atoms with Gasteiger partial charge in [0.25, 0.3) is 0 Å². The minimum absolute atomic E-state index is 0.0183. The number of ether oxygens (including phenoxy) is 1. The van der Waals surface area contributed by atoms with Crippen LogP contribution < -0.4 is 15.4 Å². The van der Waals surface area contributed by atoms with E-state index in [1.54, 1.807) is 36.2 Å². The fourth-order valence-electron chi connectivity index (χ4n) is 2.73. The molecule has 3 rings (SSSR count). The molecular formula is C18H18F3N3O2. The third kappa shape index (κ3) is 3.96. The smallest absolute Gasteiger partial charge is 0.417 e. The van der Waals surface area contributed by atoms with Crippen LogP contribution in [0.25, 0.3) is 0 Å². The largest absolute Gasteiger partial charge is 0.439 e. The Morgan fingerprint density at radius 1 is 1.19 bits per heavy atom. The quantitative estimate of drug-likeness (QED) is 0.899. The Kier molecular flexibility index (Phi) is 4.86. The lowest BCUT2D eigenvalue weighted by atomic mass is 9.80. The number of amides is 1. The van der Waals surface area contributed by atoms with Crippen molar-refractivity contribution in [2.75, 3.05) is 11.9 Å². The number of benzene rings is 1. The zero-order chi connectivity index (χ0) is 18.9. The molecule has 0 radical (unpaired) electrons. The summed E-state index contributed by atoms with van der Waals surface area (Å²) < 4.78 is 43.0. The van der Waals surface area contributed by atoms with E-state index in [1.807, 2.05) is 0 Å². The van der Waals surface area contributed by atoms with Crippen molar-refractivity contribution in [2.45, 2.75) is 25.1 Å². The second-order valence-electron chi connectivity index (χ2n) is 6.30. The van der Waals surface area contributed by atoms with E-state index in [0.29, 0.717) is 24.3 Å². The molecule has 1 aliphatic rings. The number of alkyl halides is 3. The van der Waals surface area contributed by atoms with Crippen LogP contribution in [0, 0.1) is 5.92 Å². The van der Waals surface area contributed by atoms with Gasteiger partial charge in [-0.15, -0.1) is 0 Å². The highest BCUT2D eigenvalue weighted by Crippen LogP contribution is 2.31. The molecule has 0 atom stereocenters. The van der Waals surface area contributed by atoms with Gasteiger partial charge in [0.05, 0.1) is 5.56 Å². The van der Waals surface area contributed by atoms with Crippen molar-refractivity contribution in [3.05, 3.63) is 48.2 Å². The Bertz CT molecular complexity index is 770. The van der Waals surface area contributed by atoms with Crippen LogP contribution in [0.2, 0.25) is 0 Å². The molecule has 0 saturated heterocycles. The van der Waals surface area contributed by atoms with Crippen LogP contribution in [0.4, 0.5) is 18.9 Å². The van der Waals surface area contributed by atoms with Gasteiger partial charge in [-0.2, -0.15) is 13.2 Å². The first-order valence-corrected chi connectivity index (χ1v) is 8.08. The Morgan fingerprint density at radius 3 is 2.35 bits per heavy atom. The first-order valence-electron chi connectivity index (χ1n) is 8.08. The Balaban J connectivity index is 1.63. The lowest BCUT2D eigenvalue weighted by Crippen LogP contribution is -2.45. The zero-order valence-corrected chi connectivity index (χ0v) is 14.0. The number of hydrogen-bond donors (Lipinski definition) is 1. The maximum Gasteiger partial charge on any atom is 0.417 e. The van der Waals surface area contributed by atoms with Crippen LogP contribution in [-0.2, 0) is 11.0 Å². The van der Waals surface area contributed by atoms with Gasteiger partial charge >= 0.3 is 6.18 Å². The molecule has 26 heavy (non-hydrogen) atoms. The molecule has 5 nitrogen and oxygen atoms in total. The number of anilines is 1. The van der Waals surface area contributed by atoms with Crippen molar-refractivity contribution in [3.63, 3.8) is 0 Å². The normalized spacial score (nSPS) is 19.6. The Morgan fingerprint density at radius 2 is 1.85 bits per heavy atom. The standard InChI is InChI=1S/C18H18F3N3O2/c1-24(17(25)11-8-13(22)9-11)14-3-5-15(6-4-14)26-16-7-2-12(10-23-16)18(19,20)21/h2-7,10-11,13H,8-9,22H2,1H3. The number of aromatic nitrogens is 1. The minimum atomic E-state index is -4.44. The highest BCUT2D eigenvalue weighted by atomic mass is 19.4. The van der Waals surface area contributed by atoms with Gasteiger partial charge in [-0.1, -0.05) is 0 Å². The van der Waals surface area contributed by atoms with Gasteiger partial charge in [0.1, 0.15) is 5.75 Å². The van der Waals surface area contributed by atoms with Crippen LogP contribution in [0.15, 0.2) is 42.6 Å². The second kappa shape index (κ2) is 6.95. The van der Waals surface area contributed by atoms with Gasteiger partial charge in [-0.05, 0) is 43.2 Å². The molecule has 1 amide bonds. The maximum absolute atomic E-state index is 12.5. The van der Waals surface area contributed by atoms with Crippen molar-refractivity contribution < 1.29 is 22.7 Å². The number of carbonyl (C=O) groups excluding carboxylic acids is 1. The highest BCUT2D eigenvalue weighted by molar-refractivity contribution is 5.95. The van der Waals surface area contributed by atoms with Crippen LogP contribution in [0.5, 0.6) is 11.6 Å². The molecule has 8 heteroatoms. The summed E-state index contributed by atoms with van der Waals surface area (Å²) in [6, 6.07) is 8.84. The van der Waals surface area contributed by atoms with Crippen molar-refractivity contribution in [2.24, 2.45) is 11.7 Å². The average molecular weight is 365 g/mol. The van der Waals surface area contributed by atoms with Crippen molar-refractivity contribution in [1.82, 2.24) is 4.98 Å². The molecule has 1 heterocycles. The van der Waals surface area contributed by atoms with E-state index < -0.39 is 11.7 Å². The molecule has 138 valence electrons. The predicted octanol–water partition coefficient (Wildman–Crippen LogP) is 3.59. The summed E-state index contributed by atoms with van der Waals surface area (Å²) in [7, 11) is 1.69. The van der Waals surface area contributed by atoms with Gasteiger partial charge in [-0.3, -0.25) is 4.79 Å². The van der Waals surface area contributed by atoms with Crippen molar-refractivity contribution in [3.8, 4) is 11.6 Å². The number of hydrogen-bond acceptors (Lipinski definition) is 4. The molecule has 1 aromatic heterocycles. The van der Waals surface area contributed by atoms with Gasteiger partial charge in [0, 0.05) is 37.0 Å². The van der Waals surface area contributed by atoms with Crippen LogP contribution in [-0.4, -0.2) is 24.0 Å². The summed E-state index contributed by atoms with van der Waals surface area (Å²) >= 11 is 0. The van der Waals surface area contributed by atoms with E-state index >= 15 is 0 Å². The van der Waals surface area contributed by atoms with E-state index in [4.69, 9.17) is 10.5 Å². The minimum Gasteiger partial charge on any atom is -0.439 e. The van der Waals surface area contributed by atoms with Gasteiger partial charge in [0.2, 0.25) is 11.8 Å². The van der Waals surface area contributed by atoms with Crippen molar-refractivity contribution >= 4 is 11.6 Å². The zero-order valence-electron chi connectivity index (χ0n) is 14.0. The van der Waals surface area contributed by atoms with Gasteiger partial charge in [-0.25, -0.2) is 4.98 Å². The van der Waals surface area contributed by atoms with E-state index in [9.17, 15) is 18.0 Å². The number of rotatable bonds is 4. The number of nitrogens with two attached hydrogens (primary N) is 1. The second-order valence-corrected chi connectivity index (χ2v) is 6.30. The number of nitrogens with zero attached hydrogens (tertiary/aromatic N) is 2.